The topological polar surface area (TPSA) is 57.9 Å². The molecule has 2 saturated heterocycles. The molecule has 1 aromatic rings. The van der Waals surface area contributed by atoms with E-state index in [9.17, 15) is 13.2 Å². The van der Waals surface area contributed by atoms with Crippen LogP contribution in [0.3, 0.4) is 0 Å². The molecule has 7 nitrogen and oxygen atoms in total. The van der Waals surface area contributed by atoms with E-state index >= 15 is 0 Å². The number of halogens is 4. The lowest BCUT2D eigenvalue weighted by Crippen LogP contribution is -2.51. The summed E-state index contributed by atoms with van der Waals surface area (Å²) in [6.07, 6.45) is 0.154. The molecule has 1 N–H and O–H groups in total. The molecule has 2 unspecified atom stereocenters. The summed E-state index contributed by atoms with van der Waals surface area (Å²) < 4.78 is 45.4. The number of aromatic nitrogens is 2. The summed E-state index contributed by atoms with van der Waals surface area (Å²) in [6, 6.07) is -0.0302. The second-order valence-electron chi connectivity index (χ2n) is 7.03. The first-order valence-corrected chi connectivity index (χ1v) is 9.29. The molecule has 0 aliphatic carbocycles. The maximum Gasteiger partial charge on any atom is 0.401 e. The fraction of sp³-hybridized carbons (Fsp3) is 0.765. The molecule has 2 aliphatic rings. The number of hydrogen-bond acceptors (Lipinski definition) is 4. The summed E-state index contributed by atoms with van der Waals surface area (Å²) in [5.41, 5.74) is 1.01. The zero-order valence-electron chi connectivity index (χ0n) is 16.2. The molecule has 0 aromatic carbocycles. The zero-order chi connectivity index (χ0) is 19.4. The largest absolute Gasteiger partial charge is 0.401 e. The van der Waals surface area contributed by atoms with E-state index < -0.39 is 12.7 Å². The van der Waals surface area contributed by atoms with Gasteiger partial charge in [0.25, 0.3) is 0 Å². The molecular formula is C17H28F3IN6O. The lowest BCUT2D eigenvalue weighted by atomic mass is 10.1. The number of likely N-dealkylation sites (tertiary alicyclic amines) is 1. The van der Waals surface area contributed by atoms with E-state index in [2.05, 4.69) is 20.3 Å². The van der Waals surface area contributed by atoms with Crippen molar-refractivity contribution >= 4 is 29.9 Å². The summed E-state index contributed by atoms with van der Waals surface area (Å²) in [7, 11) is 1.86. The van der Waals surface area contributed by atoms with E-state index in [1.165, 1.54) is 4.90 Å². The third-order valence-electron chi connectivity index (χ3n) is 4.78. The zero-order valence-corrected chi connectivity index (χ0v) is 18.5. The van der Waals surface area contributed by atoms with E-state index in [1.54, 1.807) is 10.9 Å². The molecule has 0 bridgehead atoms. The molecule has 2 fully saturated rings. The van der Waals surface area contributed by atoms with Gasteiger partial charge in [-0.2, -0.15) is 18.3 Å². The Hall–Kier alpha value is -1.08. The van der Waals surface area contributed by atoms with Crippen molar-refractivity contribution in [3.8, 4) is 0 Å². The molecule has 2 atom stereocenters. The summed E-state index contributed by atoms with van der Waals surface area (Å²) >= 11 is 0. The fourth-order valence-electron chi connectivity index (χ4n) is 3.57. The van der Waals surface area contributed by atoms with Crippen LogP contribution >= 0.6 is 24.0 Å². The van der Waals surface area contributed by atoms with Crippen LogP contribution in [0.25, 0.3) is 0 Å². The standard InChI is InChI=1S/C17H27F3N6O.HI/c1-3-21-16(23-14-4-5-25(10-14)12-17(18,19)20)26-6-7-27-15(11-26)13-8-22-24(2)9-13;/h8-9,14-15H,3-7,10-12H2,1-2H3,(H,21,23);1H. The lowest BCUT2D eigenvalue weighted by molar-refractivity contribution is -0.143. The molecule has 28 heavy (non-hydrogen) atoms. The first kappa shape index (κ1) is 23.2. The number of hydrogen-bond donors (Lipinski definition) is 1. The Balaban J connectivity index is 0.00000280. The molecule has 3 heterocycles. The van der Waals surface area contributed by atoms with E-state index in [-0.39, 0.29) is 36.1 Å². The van der Waals surface area contributed by atoms with Gasteiger partial charge in [0.2, 0.25) is 0 Å². The van der Waals surface area contributed by atoms with Gasteiger partial charge in [0.15, 0.2) is 5.96 Å². The number of nitrogens with one attached hydrogen (secondary N) is 1. The third-order valence-corrected chi connectivity index (χ3v) is 4.78. The predicted molar refractivity (Wildman–Crippen MR) is 111 cm³/mol. The highest BCUT2D eigenvalue weighted by molar-refractivity contribution is 14.0. The minimum absolute atomic E-state index is 0. The van der Waals surface area contributed by atoms with Gasteiger partial charge in [-0.05, 0) is 13.3 Å². The summed E-state index contributed by atoms with van der Waals surface area (Å²) in [5, 5.41) is 7.56. The molecule has 2 aliphatic heterocycles. The number of morpholine rings is 1. The first-order valence-electron chi connectivity index (χ1n) is 9.29. The van der Waals surface area contributed by atoms with Crippen molar-refractivity contribution < 1.29 is 17.9 Å². The van der Waals surface area contributed by atoms with Gasteiger partial charge in [-0.15, -0.1) is 24.0 Å². The van der Waals surface area contributed by atoms with Crippen molar-refractivity contribution in [2.24, 2.45) is 12.0 Å². The van der Waals surface area contributed by atoms with E-state index in [0.29, 0.717) is 45.8 Å². The van der Waals surface area contributed by atoms with Gasteiger partial charge in [-0.25, -0.2) is 0 Å². The second kappa shape index (κ2) is 10.1. The Kier molecular flexibility index (Phi) is 8.37. The van der Waals surface area contributed by atoms with Crippen LogP contribution in [0.4, 0.5) is 13.2 Å². The van der Waals surface area contributed by atoms with Crippen LogP contribution in [-0.4, -0.2) is 83.6 Å². The average Bonchev–Trinajstić information content (AvgIpc) is 3.22. The smallest absolute Gasteiger partial charge is 0.370 e. The van der Waals surface area contributed by atoms with Gasteiger partial charge in [0.1, 0.15) is 6.10 Å². The molecule has 1 aromatic heterocycles. The van der Waals surface area contributed by atoms with Crippen molar-refractivity contribution in [2.45, 2.75) is 31.7 Å². The molecule has 0 amide bonds. The van der Waals surface area contributed by atoms with E-state index in [4.69, 9.17) is 4.74 Å². The maximum atomic E-state index is 12.6. The lowest BCUT2D eigenvalue weighted by Gasteiger charge is -2.35. The molecule has 3 rings (SSSR count). The SMILES string of the molecule is CCN=C(NC1CCN(CC(F)(F)F)C1)N1CCOC(c2cnn(C)c2)C1.I. The van der Waals surface area contributed by atoms with Gasteiger partial charge in [0, 0.05) is 51.0 Å². The number of aryl methyl sites for hydroxylation is 1. The first-order chi connectivity index (χ1) is 12.8. The van der Waals surface area contributed by atoms with Gasteiger partial charge >= 0.3 is 6.18 Å². The van der Waals surface area contributed by atoms with Crippen LogP contribution < -0.4 is 5.32 Å². The van der Waals surface area contributed by atoms with Crippen molar-refractivity contribution in [1.82, 2.24) is 24.9 Å². The number of alkyl halides is 3. The minimum atomic E-state index is -4.16. The Morgan fingerprint density at radius 3 is 2.79 bits per heavy atom. The van der Waals surface area contributed by atoms with Crippen LogP contribution in [0.1, 0.15) is 25.0 Å². The fourth-order valence-corrected chi connectivity index (χ4v) is 3.57. The normalized spacial score (nSPS) is 24.3. The Labute approximate surface area is 180 Å². The van der Waals surface area contributed by atoms with Crippen molar-refractivity contribution in [3.05, 3.63) is 18.0 Å². The highest BCUT2D eigenvalue weighted by Gasteiger charge is 2.35. The molecule has 0 saturated carbocycles. The minimum Gasteiger partial charge on any atom is -0.370 e. The van der Waals surface area contributed by atoms with E-state index in [1.807, 2.05) is 20.2 Å². The van der Waals surface area contributed by atoms with Gasteiger partial charge in [-0.3, -0.25) is 14.6 Å². The predicted octanol–water partition coefficient (Wildman–Crippen LogP) is 2.01. The number of rotatable bonds is 4. The maximum absolute atomic E-state index is 12.6. The Morgan fingerprint density at radius 2 is 2.14 bits per heavy atom. The Bertz CT molecular complexity index is 653. The quantitative estimate of drug-likeness (QED) is 0.377. The Morgan fingerprint density at radius 1 is 1.36 bits per heavy atom. The van der Waals surface area contributed by atoms with Crippen LogP contribution in [-0.2, 0) is 11.8 Å². The van der Waals surface area contributed by atoms with Gasteiger partial charge in [-0.1, -0.05) is 0 Å². The average molecular weight is 516 g/mol. The number of aliphatic imine (C=N–C) groups is 1. The van der Waals surface area contributed by atoms with Crippen molar-refractivity contribution in [3.63, 3.8) is 0 Å². The summed E-state index contributed by atoms with van der Waals surface area (Å²) in [4.78, 5) is 8.12. The third kappa shape index (κ3) is 6.48. The van der Waals surface area contributed by atoms with Gasteiger partial charge in [0.05, 0.1) is 25.9 Å². The number of nitrogens with zero attached hydrogens (tertiary/aromatic N) is 5. The second-order valence-corrected chi connectivity index (χ2v) is 7.03. The summed E-state index contributed by atoms with van der Waals surface area (Å²) in [5.74, 6) is 0.744. The van der Waals surface area contributed by atoms with Gasteiger partial charge < -0.3 is 15.0 Å². The number of ether oxygens (including phenoxy) is 1. The van der Waals surface area contributed by atoms with Crippen molar-refractivity contribution in [2.75, 3.05) is 45.9 Å². The van der Waals surface area contributed by atoms with Crippen LogP contribution in [0.5, 0.6) is 0 Å². The molecular weight excluding hydrogens is 488 g/mol. The molecule has 160 valence electrons. The van der Waals surface area contributed by atoms with Crippen LogP contribution in [0.2, 0.25) is 0 Å². The van der Waals surface area contributed by atoms with E-state index in [0.717, 1.165) is 11.5 Å². The summed E-state index contributed by atoms with van der Waals surface area (Å²) in [6.45, 7) is 4.41. The number of guanidine groups is 1. The van der Waals surface area contributed by atoms with Crippen molar-refractivity contribution in [1.29, 1.82) is 0 Å². The van der Waals surface area contributed by atoms with Crippen LogP contribution in [0.15, 0.2) is 17.4 Å². The van der Waals surface area contributed by atoms with Crippen LogP contribution in [0, 0.1) is 0 Å². The monoisotopic (exact) mass is 516 g/mol. The highest BCUT2D eigenvalue weighted by Crippen LogP contribution is 2.23. The molecule has 0 radical (unpaired) electrons. The molecule has 11 heteroatoms. The highest BCUT2D eigenvalue weighted by atomic mass is 127. The molecule has 0 spiro atoms.